The summed E-state index contributed by atoms with van der Waals surface area (Å²) in [5.41, 5.74) is 2.95. The maximum Gasteiger partial charge on any atom is 0.252 e. The molecule has 0 bridgehead atoms. The lowest BCUT2D eigenvalue weighted by Gasteiger charge is -2.25. The molecule has 32 heavy (non-hydrogen) atoms. The summed E-state index contributed by atoms with van der Waals surface area (Å²) in [6.45, 7) is 4.74. The van der Waals surface area contributed by atoms with Gasteiger partial charge in [0.25, 0.3) is 5.56 Å². The van der Waals surface area contributed by atoms with Crippen molar-refractivity contribution in [3.63, 3.8) is 0 Å². The first-order valence-electron chi connectivity index (χ1n) is 10.7. The Labute approximate surface area is 188 Å². The van der Waals surface area contributed by atoms with E-state index in [0.717, 1.165) is 34.9 Å². The minimum absolute atomic E-state index is 0.0349. The van der Waals surface area contributed by atoms with Crippen LogP contribution in [0.3, 0.4) is 0 Å². The first kappa shape index (κ1) is 22.5. The standard InChI is InChI=1S/C24H28N2O5S/c1-16-11-17(2)22-13-18(24(27)25-23(22)12-16)14-26(15-20-5-4-10-31-20)32(28,29)21-8-6-19(30-3)7-9-21/h6-9,11-13,20H,4-5,10,14-15H2,1-3H3,(H,25,27). The molecule has 1 aliphatic rings. The van der Waals surface area contributed by atoms with Crippen molar-refractivity contribution in [2.24, 2.45) is 0 Å². The lowest BCUT2D eigenvalue weighted by atomic mass is 10.0. The SMILES string of the molecule is COc1ccc(S(=O)(=O)N(Cc2cc3c(C)cc(C)cc3[nH]c2=O)CC2CCCO2)cc1. The average Bonchev–Trinajstić information content (AvgIpc) is 3.27. The average molecular weight is 457 g/mol. The van der Waals surface area contributed by atoms with Crippen molar-refractivity contribution in [2.45, 2.75) is 44.2 Å². The van der Waals surface area contributed by atoms with Crippen LogP contribution in [0.2, 0.25) is 0 Å². The van der Waals surface area contributed by atoms with Gasteiger partial charge in [-0.15, -0.1) is 0 Å². The molecule has 2 heterocycles. The lowest BCUT2D eigenvalue weighted by Crippen LogP contribution is -2.38. The summed E-state index contributed by atoms with van der Waals surface area (Å²) in [5.74, 6) is 0.575. The third-order valence-corrected chi connectivity index (χ3v) is 7.69. The van der Waals surface area contributed by atoms with Gasteiger partial charge in [0.2, 0.25) is 10.0 Å². The highest BCUT2D eigenvalue weighted by molar-refractivity contribution is 7.89. The minimum Gasteiger partial charge on any atom is -0.497 e. The summed E-state index contributed by atoms with van der Waals surface area (Å²) >= 11 is 0. The molecule has 1 aromatic heterocycles. The molecule has 1 saturated heterocycles. The molecule has 1 unspecified atom stereocenters. The van der Waals surface area contributed by atoms with Crippen molar-refractivity contribution in [1.82, 2.24) is 9.29 Å². The Hall–Kier alpha value is -2.68. The van der Waals surface area contributed by atoms with Crippen LogP contribution in [0.25, 0.3) is 10.9 Å². The number of rotatable bonds is 7. The lowest BCUT2D eigenvalue weighted by molar-refractivity contribution is 0.0925. The molecule has 2 aromatic carbocycles. The predicted molar refractivity (Wildman–Crippen MR) is 124 cm³/mol. The molecule has 7 nitrogen and oxygen atoms in total. The van der Waals surface area contributed by atoms with Gasteiger partial charge in [-0.05, 0) is 74.2 Å². The van der Waals surface area contributed by atoms with Crippen LogP contribution in [-0.4, -0.2) is 44.1 Å². The van der Waals surface area contributed by atoms with Crippen LogP contribution in [0, 0.1) is 13.8 Å². The molecule has 0 aliphatic carbocycles. The van der Waals surface area contributed by atoms with Crippen LogP contribution < -0.4 is 10.3 Å². The Balaban J connectivity index is 1.73. The summed E-state index contributed by atoms with van der Waals surface area (Å²) in [4.78, 5) is 15.9. The second-order valence-corrected chi connectivity index (χ2v) is 10.2. The van der Waals surface area contributed by atoms with Crippen LogP contribution in [0.4, 0.5) is 0 Å². The van der Waals surface area contributed by atoms with Gasteiger partial charge in [-0.3, -0.25) is 4.79 Å². The molecular weight excluding hydrogens is 428 g/mol. The number of hydrogen-bond acceptors (Lipinski definition) is 5. The van der Waals surface area contributed by atoms with Crippen LogP contribution in [0.15, 0.2) is 52.2 Å². The van der Waals surface area contributed by atoms with E-state index in [9.17, 15) is 13.2 Å². The number of H-pyrrole nitrogens is 1. The number of benzene rings is 2. The van der Waals surface area contributed by atoms with Crippen molar-refractivity contribution in [1.29, 1.82) is 0 Å². The van der Waals surface area contributed by atoms with Crippen molar-refractivity contribution in [2.75, 3.05) is 20.3 Å². The molecule has 1 aliphatic heterocycles. The zero-order chi connectivity index (χ0) is 22.9. The van der Waals surface area contributed by atoms with Crippen LogP contribution in [0.1, 0.15) is 29.5 Å². The molecule has 0 radical (unpaired) electrons. The number of hydrogen-bond donors (Lipinski definition) is 1. The molecular formula is C24H28N2O5S. The maximum absolute atomic E-state index is 13.5. The van der Waals surface area contributed by atoms with Crippen molar-refractivity contribution in [3.05, 3.63) is 69.5 Å². The van der Waals surface area contributed by atoms with Crippen molar-refractivity contribution in [3.8, 4) is 5.75 Å². The second kappa shape index (κ2) is 9.05. The van der Waals surface area contributed by atoms with E-state index in [0.29, 0.717) is 17.9 Å². The molecule has 0 spiro atoms. The summed E-state index contributed by atoms with van der Waals surface area (Å²) in [5, 5.41) is 0.907. The van der Waals surface area contributed by atoms with E-state index in [-0.39, 0.29) is 29.6 Å². The summed E-state index contributed by atoms with van der Waals surface area (Å²) in [7, 11) is -2.32. The Morgan fingerprint density at radius 1 is 1.16 bits per heavy atom. The highest BCUT2D eigenvalue weighted by atomic mass is 32.2. The van der Waals surface area contributed by atoms with Crippen LogP contribution in [0.5, 0.6) is 5.75 Å². The van der Waals surface area contributed by atoms with Gasteiger partial charge in [-0.25, -0.2) is 8.42 Å². The van der Waals surface area contributed by atoms with Crippen molar-refractivity contribution < 1.29 is 17.9 Å². The van der Waals surface area contributed by atoms with Crippen LogP contribution in [-0.2, 0) is 21.3 Å². The van der Waals surface area contributed by atoms with Gasteiger partial charge >= 0.3 is 0 Å². The molecule has 1 fully saturated rings. The number of aromatic nitrogens is 1. The molecule has 4 rings (SSSR count). The van der Waals surface area contributed by atoms with Gasteiger partial charge in [-0.2, -0.15) is 4.31 Å². The number of methoxy groups -OCH3 is 1. The third-order valence-electron chi connectivity index (χ3n) is 5.86. The number of nitrogens with zero attached hydrogens (tertiary/aromatic N) is 1. The van der Waals surface area contributed by atoms with Gasteiger partial charge < -0.3 is 14.5 Å². The van der Waals surface area contributed by atoms with E-state index < -0.39 is 10.0 Å². The zero-order valence-corrected chi connectivity index (χ0v) is 19.4. The highest BCUT2D eigenvalue weighted by Gasteiger charge is 2.30. The first-order chi connectivity index (χ1) is 15.3. The van der Waals surface area contributed by atoms with E-state index in [1.54, 1.807) is 18.2 Å². The zero-order valence-electron chi connectivity index (χ0n) is 18.6. The number of aromatic amines is 1. The minimum atomic E-state index is -3.85. The quantitative estimate of drug-likeness (QED) is 0.588. The van der Waals surface area contributed by atoms with E-state index in [2.05, 4.69) is 4.98 Å². The van der Waals surface area contributed by atoms with Gasteiger partial charge in [-0.1, -0.05) is 6.07 Å². The summed E-state index contributed by atoms with van der Waals surface area (Å²) in [6.07, 6.45) is 1.50. The van der Waals surface area contributed by atoms with Crippen molar-refractivity contribution >= 4 is 20.9 Å². The van der Waals surface area contributed by atoms with E-state index in [1.807, 2.05) is 26.0 Å². The van der Waals surface area contributed by atoms with E-state index >= 15 is 0 Å². The molecule has 1 atom stereocenters. The fraction of sp³-hybridized carbons (Fsp3) is 0.375. The number of sulfonamides is 1. The van der Waals surface area contributed by atoms with Gasteiger partial charge in [0.05, 0.1) is 18.1 Å². The number of fused-ring (bicyclic) bond motifs is 1. The topological polar surface area (TPSA) is 88.7 Å². The van der Waals surface area contributed by atoms with E-state index in [4.69, 9.17) is 9.47 Å². The van der Waals surface area contributed by atoms with Gasteiger partial charge in [0, 0.05) is 36.2 Å². The number of nitrogens with one attached hydrogen (secondary N) is 1. The van der Waals surface area contributed by atoms with Crippen LogP contribution >= 0.6 is 0 Å². The Bertz CT molecular complexity index is 1280. The molecule has 0 amide bonds. The van der Waals surface area contributed by atoms with Gasteiger partial charge in [0.15, 0.2) is 0 Å². The molecule has 0 saturated carbocycles. The number of pyridine rings is 1. The largest absolute Gasteiger partial charge is 0.497 e. The number of ether oxygens (including phenoxy) is 2. The molecule has 1 N–H and O–H groups in total. The Kier molecular flexibility index (Phi) is 6.37. The maximum atomic E-state index is 13.5. The number of aryl methyl sites for hydroxylation is 2. The Morgan fingerprint density at radius 3 is 2.56 bits per heavy atom. The highest BCUT2D eigenvalue weighted by Crippen LogP contribution is 2.25. The molecule has 3 aromatic rings. The van der Waals surface area contributed by atoms with E-state index in [1.165, 1.54) is 23.5 Å². The Morgan fingerprint density at radius 2 is 1.91 bits per heavy atom. The summed E-state index contributed by atoms with van der Waals surface area (Å²) in [6, 6.07) is 12.0. The first-order valence-corrected chi connectivity index (χ1v) is 12.1. The second-order valence-electron chi connectivity index (χ2n) is 8.27. The molecule has 8 heteroatoms. The smallest absolute Gasteiger partial charge is 0.252 e. The monoisotopic (exact) mass is 456 g/mol. The third kappa shape index (κ3) is 4.57. The van der Waals surface area contributed by atoms with Gasteiger partial charge in [0.1, 0.15) is 5.75 Å². The normalized spacial score (nSPS) is 16.7. The molecule has 170 valence electrons. The summed E-state index contributed by atoms with van der Waals surface area (Å²) < 4.78 is 39.3. The fourth-order valence-corrected chi connectivity index (χ4v) is 5.63. The fourth-order valence-electron chi connectivity index (χ4n) is 4.18. The predicted octanol–water partition coefficient (Wildman–Crippen LogP) is 3.52.